The van der Waals surface area contributed by atoms with Gasteiger partial charge >= 0.3 is 0 Å². The van der Waals surface area contributed by atoms with Gasteiger partial charge in [-0.3, -0.25) is 4.98 Å². The van der Waals surface area contributed by atoms with E-state index in [1.165, 1.54) is 70.9 Å². The van der Waals surface area contributed by atoms with Gasteiger partial charge in [0.15, 0.2) is 0 Å². The molecule has 0 fully saturated rings. The summed E-state index contributed by atoms with van der Waals surface area (Å²) in [5.74, 6) is 0. The average Bonchev–Trinajstić information content (AvgIpc) is 3.16. The zero-order valence-electron chi connectivity index (χ0n) is 23.7. The van der Waals surface area contributed by atoms with Crippen molar-refractivity contribution in [3.8, 4) is 0 Å². The molecule has 0 aliphatic carbocycles. The molecule has 0 N–H and O–H groups in total. The largest absolute Gasteiger partial charge is 0.308 e. The van der Waals surface area contributed by atoms with Crippen LogP contribution in [0, 0.1) is 17.8 Å². The van der Waals surface area contributed by atoms with Gasteiger partial charge in [0, 0.05) is 27.7 Å². The van der Waals surface area contributed by atoms with E-state index < -0.39 is 0 Å². The summed E-state index contributed by atoms with van der Waals surface area (Å²) in [5, 5.41) is 9.19. The zero-order chi connectivity index (χ0) is 26.6. The first-order valence-electron chi connectivity index (χ1n) is 13.9. The minimum absolute atomic E-state index is 0.140. The van der Waals surface area contributed by atoms with E-state index in [2.05, 4.69) is 114 Å². The maximum absolute atomic E-state index is 5.09. The highest BCUT2D eigenvalue weighted by molar-refractivity contribution is 6.29. The first-order chi connectivity index (χ1) is 18.0. The second-order valence-corrected chi connectivity index (χ2v) is 13.8. The molecule has 0 radical (unpaired) electrons. The van der Waals surface area contributed by atoms with Gasteiger partial charge in [-0.15, -0.1) is 0 Å². The maximum atomic E-state index is 5.09. The zero-order valence-corrected chi connectivity index (χ0v) is 23.7. The van der Waals surface area contributed by atoms with E-state index in [-0.39, 0.29) is 10.8 Å². The number of para-hydroxylation sites is 1. The molecule has 0 spiro atoms. The van der Waals surface area contributed by atoms with Gasteiger partial charge < -0.3 is 4.40 Å². The van der Waals surface area contributed by atoms with Crippen LogP contribution < -0.4 is 0 Å². The Kier molecular flexibility index (Phi) is 4.75. The molecule has 0 aliphatic rings. The molecule has 3 heterocycles. The Hall–Kier alpha value is -3.65. The van der Waals surface area contributed by atoms with E-state index in [0.29, 0.717) is 0 Å². The third kappa shape index (κ3) is 3.42. The van der Waals surface area contributed by atoms with Crippen LogP contribution in [0.4, 0.5) is 0 Å². The lowest BCUT2D eigenvalue weighted by molar-refractivity contribution is 0.411. The second kappa shape index (κ2) is 7.69. The first kappa shape index (κ1) is 23.5. The van der Waals surface area contributed by atoms with E-state index in [0.717, 1.165) is 18.4 Å². The molecule has 7 rings (SSSR count). The number of rotatable bonds is 2. The maximum Gasteiger partial charge on any atom is 0.0823 e. The number of hydrogen-bond donors (Lipinski definition) is 0. The predicted octanol–water partition coefficient (Wildman–Crippen LogP) is 10.0. The molecule has 190 valence electrons. The van der Waals surface area contributed by atoms with Crippen molar-refractivity contribution in [3.05, 3.63) is 83.6 Å². The Balaban J connectivity index is 1.77. The molecule has 0 atom stereocenters. The van der Waals surface area contributed by atoms with Crippen molar-refractivity contribution in [2.75, 3.05) is 0 Å². The lowest BCUT2D eigenvalue weighted by Gasteiger charge is -2.24. The molecule has 4 aromatic carbocycles. The lowest BCUT2D eigenvalue weighted by atomic mass is 9.83. The fraction of sp³-hybridized carbons (Fsp3) is 0.306. The van der Waals surface area contributed by atoms with Crippen molar-refractivity contribution >= 4 is 59.8 Å². The molecule has 0 unspecified atom stereocenters. The molecule has 2 nitrogen and oxygen atoms in total. The molecule has 3 aromatic heterocycles. The number of hydrogen-bond acceptors (Lipinski definition) is 1. The number of pyridine rings is 2. The van der Waals surface area contributed by atoms with Crippen molar-refractivity contribution in [3.63, 3.8) is 0 Å². The Morgan fingerprint density at radius 3 is 2.21 bits per heavy atom. The minimum atomic E-state index is 0.140. The minimum Gasteiger partial charge on any atom is -0.308 e. The van der Waals surface area contributed by atoms with Gasteiger partial charge in [0.05, 0.1) is 22.1 Å². The van der Waals surface area contributed by atoms with Crippen LogP contribution >= 0.6 is 0 Å². The molecule has 0 bridgehead atoms. The molecule has 38 heavy (non-hydrogen) atoms. The molecular weight excluding hydrogens is 460 g/mol. The Morgan fingerprint density at radius 1 is 0.684 bits per heavy atom. The van der Waals surface area contributed by atoms with E-state index in [1.807, 2.05) is 6.20 Å². The van der Waals surface area contributed by atoms with Crippen LogP contribution in [0.15, 0.2) is 66.9 Å². The van der Waals surface area contributed by atoms with E-state index in [9.17, 15) is 0 Å². The number of aromatic nitrogens is 2. The van der Waals surface area contributed by atoms with Crippen LogP contribution in [-0.4, -0.2) is 9.38 Å². The van der Waals surface area contributed by atoms with Crippen LogP contribution in [0.1, 0.15) is 58.2 Å². The van der Waals surface area contributed by atoms with Gasteiger partial charge in [-0.2, -0.15) is 0 Å². The Bertz CT molecular complexity index is 2040. The van der Waals surface area contributed by atoms with E-state index in [1.54, 1.807) is 0 Å². The third-order valence-electron chi connectivity index (χ3n) is 8.09. The van der Waals surface area contributed by atoms with Crippen molar-refractivity contribution in [2.45, 2.75) is 61.3 Å². The summed E-state index contributed by atoms with van der Waals surface area (Å²) in [6.45, 7) is 16.3. The van der Waals surface area contributed by atoms with E-state index in [4.69, 9.17) is 4.98 Å². The standard InChI is InChI=1S/C36H36N2/c1-21-16-27-26-10-8-9-11-30(26)38-33-28(32-31(34(27)38)24(21)14-15-37-32)18-23-17-22(19-35(2,3)4)12-13-25(23)29(33)20-36(5,6)7/h8-18H,19-20H2,1-7H3. The predicted molar refractivity (Wildman–Crippen MR) is 165 cm³/mol. The normalized spacial score (nSPS) is 13.3. The lowest BCUT2D eigenvalue weighted by Crippen LogP contribution is -2.12. The quantitative estimate of drug-likeness (QED) is 0.172. The van der Waals surface area contributed by atoms with Crippen molar-refractivity contribution in [2.24, 2.45) is 10.8 Å². The number of fused-ring (bicyclic) bond motifs is 7. The summed E-state index contributed by atoms with van der Waals surface area (Å²) < 4.78 is 2.57. The van der Waals surface area contributed by atoms with Crippen LogP contribution in [0.3, 0.4) is 0 Å². The smallest absolute Gasteiger partial charge is 0.0823 e. The van der Waals surface area contributed by atoms with Gasteiger partial charge in [-0.25, -0.2) is 0 Å². The fourth-order valence-corrected chi connectivity index (χ4v) is 6.81. The van der Waals surface area contributed by atoms with Gasteiger partial charge in [-0.05, 0) is 87.7 Å². The highest BCUT2D eigenvalue weighted by Crippen LogP contribution is 2.45. The van der Waals surface area contributed by atoms with Gasteiger partial charge in [0.1, 0.15) is 0 Å². The Labute approximate surface area is 224 Å². The van der Waals surface area contributed by atoms with Gasteiger partial charge in [-0.1, -0.05) is 77.9 Å². The summed E-state index contributed by atoms with van der Waals surface area (Å²) in [6.07, 6.45) is 4.06. The number of aryl methyl sites for hydroxylation is 1. The first-order valence-corrected chi connectivity index (χ1v) is 13.9. The van der Waals surface area contributed by atoms with Crippen LogP contribution in [0.25, 0.3) is 59.8 Å². The Morgan fingerprint density at radius 2 is 1.45 bits per heavy atom. The number of nitrogens with zero attached hydrogens (tertiary/aromatic N) is 2. The van der Waals surface area contributed by atoms with Crippen molar-refractivity contribution in [1.82, 2.24) is 9.38 Å². The van der Waals surface area contributed by atoms with Crippen LogP contribution in [-0.2, 0) is 12.8 Å². The summed E-state index contributed by atoms with van der Waals surface area (Å²) in [6, 6.07) is 23.1. The average molecular weight is 497 g/mol. The summed E-state index contributed by atoms with van der Waals surface area (Å²) in [7, 11) is 0. The SMILES string of the molecule is Cc1cc2c3ccccc3n3c4c(CC(C)(C)C)c5ccc(CC(C)(C)C)cc5cc4c4nccc1c4c23. The molecule has 0 saturated heterocycles. The van der Waals surface area contributed by atoms with E-state index >= 15 is 0 Å². The molecular formula is C36H36N2. The molecule has 0 aliphatic heterocycles. The second-order valence-electron chi connectivity index (χ2n) is 13.8. The molecule has 0 amide bonds. The summed E-state index contributed by atoms with van der Waals surface area (Å²) in [4.78, 5) is 5.09. The monoisotopic (exact) mass is 496 g/mol. The highest BCUT2D eigenvalue weighted by Gasteiger charge is 2.25. The van der Waals surface area contributed by atoms with Crippen LogP contribution in [0.5, 0.6) is 0 Å². The third-order valence-corrected chi connectivity index (χ3v) is 8.09. The van der Waals surface area contributed by atoms with Crippen LogP contribution in [0.2, 0.25) is 0 Å². The molecule has 7 aromatic rings. The molecule has 2 heteroatoms. The number of benzene rings is 4. The topological polar surface area (TPSA) is 17.3 Å². The van der Waals surface area contributed by atoms with Gasteiger partial charge in [0.25, 0.3) is 0 Å². The van der Waals surface area contributed by atoms with Crippen molar-refractivity contribution < 1.29 is 0 Å². The highest BCUT2D eigenvalue weighted by atomic mass is 14.9. The van der Waals surface area contributed by atoms with Crippen molar-refractivity contribution in [1.29, 1.82) is 0 Å². The summed E-state index contributed by atoms with van der Waals surface area (Å²) in [5.41, 5.74) is 9.56. The summed E-state index contributed by atoms with van der Waals surface area (Å²) >= 11 is 0. The fourth-order valence-electron chi connectivity index (χ4n) is 6.81. The molecule has 0 saturated carbocycles. The van der Waals surface area contributed by atoms with Gasteiger partial charge in [0.2, 0.25) is 0 Å².